The minimum atomic E-state index is -0.298. The third kappa shape index (κ3) is 5.54. The van der Waals surface area contributed by atoms with Gasteiger partial charge in [0.1, 0.15) is 24.5 Å². The van der Waals surface area contributed by atoms with E-state index >= 15 is 0 Å². The molecule has 0 aliphatic heterocycles. The molecule has 0 atom stereocenters. The molecule has 5 nitrogen and oxygen atoms in total. The van der Waals surface area contributed by atoms with Gasteiger partial charge in [-0.2, -0.15) is 0 Å². The van der Waals surface area contributed by atoms with Crippen LogP contribution in [0.1, 0.15) is 17.4 Å². The number of thiophene rings is 1. The van der Waals surface area contributed by atoms with Crippen molar-refractivity contribution in [1.29, 1.82) is 0 Å². The largest absolute Gasteiger partial charge is 0.487 e. The van der Waals surface area contributed by atoms with Gasteiger partial charge in [-0.1, -0.05) is 42.5 Å². The maximum Gasteiger partial charge on any atom is 0.151 e. The fourth-order valence-electron chi connectivity index (χ4n) is 2.94. The van der Waals surface area contributed by atoms with Gasteiger partial charge in [-0.15, -0.1) is 11.3 Å². The second kappa shape index (κ2) is 10.4. The van der Waals surface area contributed by atoms with E-state index in [-0.39, 0.29) is 12.4 Å². The Labute approximate surface area is 194 Å². The first kappa shape index (κ1) is 22.0. The summed E-state index contributed by atoms with van der Waals surface area (Å²) in [5.41, 5.74) is 2.33. The molecule has 2 aromatic heterocycles. The summed E-state index contributed by atoms with van der Waals surface area (Å²) in [5, 5.41) is 6.92. The molecule has 32 heavy (non-hydrogen) atoms. The van der Waals surface area contributed by atoms with Crippen LogP contribution in [-0.2, 0) is 6.61 Å². The average molecular weight is 467 g/mol. The van der Waals surface area contributed by atoms with E-state index in [4.69, 9.17) is 16.3 Å². The van der Waals surface area contributed by atoms with Crippen molar-refractivity contribution in [3.8, 4) is 17.6 Å². The third-order valence-corrected chi connectivity index (χ3v) is 5.81. The molecule has 2 aromatic carbocycles. The summed E-state index contributed by atoms with van der Waals surface area (Å²) in [4.78, 5) is 9.65. The summed E-state index contributed by atoms with van der Waals surface area (Å²) in [5.74, 6) is 7.16. The summed E-state index contributed by atoms with van der Waals surface area (Å²) in [6.45, 7) is 3.80. The van der Waals surface area contributed by atoms with Crippen molar-refractivity contribution in [3.63, 3.8) is 0 Å². The highest BCUT2D eigenvalue weighted by Crippen LogP contribution is 2.33. The van der Waals surface area contributed by atoms with Crippen LogP contribution in [0.15, 0.2) is 54.9 Å². The van der Waals surface area contributed by atoms with Gasteiger partial charge in [0, 0.05) is 5.69 Å². The molecule has 0 radical (unpaired) electrons. The van der Waals surface area contributed by atoms with Crippen LogP contribution in [0.2, 0.25) is 5.02 Å². The Kier molecular flexibility index (Phi) is 7.17. The normalized spacial score (nSPS) is 10.6. The quantitative estimate of drug-likeness (QED) is 0.267. The van der Waals surface area contributed by atoms with E-state index in [0.29, 0.717) is 23.1 Å². The lowest BCUT2D eigenvalue weighted by atomic mass is 10.2. The molecule has 2 heterocycles. The van der Waals surface area contributed by atoms with E-state index in [1.807, 2.05) is 19.1 Å². The zero-order valence-corrected chi connectivity index (χ0v) is 18.9. The minimum Gasteiger partial charge on any atom is -0.487 e. The van der Waals surface area contributed by atoms with Crippen molar-refractivity contribution < 1.29 is 9.13 Å². The van der Waals surface area contributed by atoms with Gasteiger partial charge < -0.3 is 15.4 Å². The second-order valence-electron chi connectivity index (χ2n) is 6.82. The van der Waals surface area contributed by atoms with Crippen LogP contribution in [0.4, 0.5) is 15.9 Å². The Hall–Kier alpha value is -3.18. The SMILES string of the molecule is CCNCC#Cc1cc2ncnc(Nc3ccc(OCc4cccc(F)c4)c(Cl)c3)c2s1. The molecule has 0 spiro atoms. The van der Waals surface area contributed by atoms with Crippen LogP contribution >= 0.6 is 22.9 Å². The monoisotopic (exact) mass is 466 g/mol. The zero-order chi connectivity index (χ0) is 22.3. The van der Waals surface area contributed by atoms with Gasteiger partial charge in [0.05, 0.1) is 26.7 Å². The fourth-order valence-corrected chi connectivity index (χ4v) is 4.11. The van der Waals surface area contributed by atoms with Gasteiger partial charge in [-0.25, -0.2) is 14.4 Å². The van der Waals surface area contributed by atoms with Crippen molar-refractivity contribution in [2.45, 2.75) is 13.5 Å². The van der Waals surface area contributed by atoms with Gasteiger partial charge in [0.2, 0.25) is 0 Å². The number of nitrogens with one attached hydrogen (secondary N) is 2. The van der Waals surface area contributed by atoms with E-state index in [1.165, 1.54) is 29.8 Å². The van der Waals surface area contributed by atoms with Crippen molar-refractivity contribution in [1.82, 2.24) is 15.3 Å². The van der Waals surface area contributed by atoms with Crippen molar-refractivity contribution in [2.24, 2.45) is 0 Å². The molecule has 0 saturated heterocycles. The molecular weight excluding hydrogens is 447 g/mol. The zero-order valence-electron chi connectivity index (χ0n) is 17.3. The maximum absolute atomic E-state index is 13.3. The summed E-state index contributed by atoms with van der Waals surface area (Å²) >= 11 is 7.94. The topological polar surface area (TPSA) is 59.1 Å². The van der Waals surface area contributed by atoms with E-state index in [2.05, 4.69) is 32.4 Å². The minimum absolute atomic E-state index is 0.226. The molecule has 2 N–H and O–H groups in total. The van der Waals surface area contributed by atoms with Crippen LogP contribution < -0.4 is 15.4 Å². The number of nitrogens with zero attached hydrogens (tertiary/aromatic N) is 2. The third-order valence-electron chi connectivity index (χ3n) is 4.46. The van der Waals surface area contributed by atoms with Gasteiger partial charge in [0.15, 0.2) is 5.82 Å². The molecule has 0 aliphatic carbocycles. The summed E-state index contributed by atoms with van der Waals surface area (Å²) in [7, 11) is 0. The highest BCUT2D eigenvalue weighted by Gasteiger charge is 2.10. The summed E-state index contributed by atoms with van der Waals surface area (Å²) in [6.07, 6.45) is 1.52. The van der Waals surface area contributed by atoms with E-state index in [1.54, 1.807) is 24.3 Å². The predicted octanol–water partition coefficient (Wildman–Crippen LogP) is 5.77. The molecule has 0 saturated carbocycles. The first-order valence-corrected chi connectivity index (χ1v) is 11.2. The number of fused-ring (bicyclic) bond motifs is 1. The van der Waals surface area contributed by atoms with Crippen molar-refractivity contribution in [2.75, 3.05) is 18.4 Å². The first-order chi connectivity index (χ1) is 15.6. The van der Waals surface area contributed by atoms with Gasteiger partial charge >= 0.3 is 0 Å². The van der Waals surface area contributed by atoms with Crippen LogP contribution in [0.25, 0.3) is 10.2 Å². The number of hydrogen-bond donors (Lipinski definition) is 2. The molecule has 0 bridgehead atoms. The lowest BCUT2D eigenvalue weighted by molar-refractivity contribution is 0.306. The molecule has 8 heteroatoms. The van der Waals surface area contributed by atoms with Gasteiger partial charge in [-0.3, -0.25) is 0 Å². The Balaban J connectivity index is 1.48. The fraction of sp³-hybridized carbons (Fsp3) is 0.167. The number of halogens is 2. The van der Waals surface area contributed by atoms with Crippen molar-refractivity contribution >= 4 is 44.7 Å². The average Bonchev–Trinajstić information content (AvgIpc) is 3.20. The lowest BCUT2D eigenvalue weighted by Gasteiger charge is -2.11. The Morgan fingerprint density at radius 1 is 1.16 bits per heavy atom. The molecule has 0 amide bonds. The van der Waals surface area contributed by atoms with Gasteiger partial charge in [0.25, 0.3) is 0 Å². The highest BCUT2D eigenvalue weighted by molar-refractivity contribution is 7.20. The summed E-state index contributed by atoms with van der Waals surface area (Å²) in [6, 6.07) is 13.6. The molecule has 162 valence electrons. The van der Waals surface area contributed by atoms with Crippen molar-refractivity contribution in [3.05, 3.63) is 76.1 Å². The number of aromatic nitrogens is 2. The number of anilines is 2. The summed E-state index contributed by atoms with van der Waals surface area (Å²) < 4.78 is 20.0. The second-order valence-corrected chi connectivity index (χ2v) is 8.28. The van der Waals surface area contributed by atoms with Crippen LogP contribution in [0, 0.1) is 17.7 Å². The standard InChI is InChI=1S/C24H20ClFN4OS/c1-2-27-10-4-7-19-13-21-23(32-19)24(29-15-28-21)30-18-8-9-22(20(25)12-18)31-14-16-5-3-6-17(26)11-16/h3,5-6,8-9,11-13,15,27H,2,10,14H2,1H3,(H,28,29,30). The molecular formula is C24H20ClFN4OS. The molecule has 0 unspecified atom stereocenters. The lowest BCUT2D eigenvalue weighted by Crippen LogP contribution is -2.11. The van der Waals surface area contributed by atoms with Crippen LogP contribution in [0.3, 0.4) is 0 Å². The Morgan fingerprint density at radius 3 is 2.88 bits per heavy atom. The van der Waals surface area contributed by atoms with Gasteiger partial charge in [-0.05, 0) is 48.5 Å². The van der Waals surface area contributed by atoms with Crippen LogP contribution in [0.5, 0.6) is 5.75 Å². The van der Waals surface area contributed by atoms with E-state index in [0.717, 1.165) is 32.9 Å². The molecule has 4 aromatic rings. The van der Waals surface area contributed by atoms with Crippen LogP contribution in [-0.4, -0.2) is 23.1 Å². The van der Waals surface area contributed by atoms with E-state index in [9.17, 15) is 4.39 Å². The molecule has 4 rings (SSSR count). The Morgan fingerprint density at radius 2 is 2.06 bits per heavy atom. The number of benzene rings is 2. The molecule has 0 aliphatic rings. The predicted molar refractivity (Wildman–Crippen MR) is 128 cm³/mol. The smallest absolute Gasteiger partial charge is 0.151 e. The number of hydrogen-bond acceptors (Lipinski definition) is 6. The maximum atomic E-state index is 13.3. The highest BCUT2D eigenvalue weighted by atomic mass is 35.5. The molecule has 0 fully saturated rings. The number of rotatable bonds is 7. The Bertz CT molecular complexity index is 1300. The number of ether oxygens (including phenoxy) is 1. The van der Waals surface area contributed by atoms with E-state index < -0.39 is 0 Å². The first-order valence-electron chi connectivity index (χ1n) is 10.0.